The van der Waals surface area contributed by atoms with E-state index in [-0.39, 0.29) is 17.9 Å². The summed E-state index contributed by atoms with van der Waals surface area (Å²) in [5, 5.41) is 8.01. The highest BCUT2D eigenvalue weighted by atomic mass is 35.6. The number of hydrogen-bond acceptors (Lipinski definition) is 5. The third kappa shape index (κ3) is 7.08. The zero-order chi connectivity index (χ0) is 23.1. The van der Waals surface area contributed by atoms with Crippen molar-refractivity contribution in [3.63, 3.8) is 0 Å². The highest BCUT2D eigenvalue weighted by Gasteiger charge is 2.45. The Labute approximate surface area is 204 Å². The summed E-state index contributed by atoms with van der Waals surface area (Å²) in [5.74, 6) is -0.342. The Morgan fingerprint density at radius 3 is 2.03 bits per heavy atom. The molecule has 5 atom stereocenters. The van der Waals surface area contributed by atoms with Crippen molar-refractivity contribution in [3.8, 4) is 0 Å². The maximum Gasteiger partial charge on any atom is 0.265 e. The number of nitrogens with one attached hydrogen (secondary N) is 1. The quantitative estimate of drug-likeness (QED) is 0.268. The fraction of sp³-hybridized carbons (Fsp3) is 0.458. The molecule has 5 nitrogen and oxygen atoms in total. The lowest BCUT2D eigenvalue weighted by molar-refractivity contribution is -0.266. The van der Waals surface area contributed by atoms with Gasteiger partial charge in [-0.15, -0.1) is 0 Å². The second-order valence-corrected chi connectivity index (χ2v) is 10.2. The van der Waals surface area contributed by atoms with Crippen molar-refractivity contribution in [2.75, 3.05) is 6.61 Å². The first-order valence-corrected chi connectivity index (χ1v) is 11.6. The first kappa shape index (κ1) is 25.3. The highest BCUT2D eigenvalue weighted by molar-refractivity contribution is 6.76. The van der Waals surface area contributed by atoms with Crippen LogP contribution in [0.4, 0.5) is 0 Å². The SMILES string of the molecule is C[C@H]1[C@H](C)[C@@H](COCc2ccccc2)O[C@H](OC(=N)C(Cl)(Cl)Cl)[C@@H]1OCc1ccccc1. The van der Waals surface area contributed by atoms with Crippen LogP contribution in [0.25, 0.3) is 0 Å². The molecule has 2 aromatic carbocycles. The molecule has 1 aliphatic rings. The third-order valence-electron chi connectivity index (χ3n) is 5.68. The average molecular weight is 501 g/mol. The average Bonchev–Trinajstić information content (AvgIpc) is 2.77. The van der Waals surface area contributed by atoms with E-state index in [0.29, 0.717) is 19.8 Å². The molecule has 1 fully saturated rings. The summed E-state index contributed by atoms with van der Waals surface area (Å²) >= 11 is 17.5. The van der Waals surface area contributed by atoms with Gasteiger partial charge in [0.15, 0.2) is 0 Å². The van der Waals surface area contributed by atoms with Crippen molar-refractivity contribution in [3.05, 3.63) is 71.8 Å². The number of ether oxygens (including phenoxy) is 4. The van der Waals surface area contributed by atoms with Gasteiger partial charge in [-0.05, 0) is 23.0 Å². The van der Waals surface area contributed by atoms with Gasteiger partial charge in [-0.3, -0.25) is 5.41 Å². The van der Waals surface area contributed by atoms with E-state index >= 15 is 0 Å². The molecule has 1 heterocycles. The molecule has 0 bridgehead atoms. The number of halogens is 3. The molecular weight excluding hydrogens is 473 g/mol. The minimum atomic E-state index is -1.99. The maximum atomic E-state index is 8.01. The van der Waals surface area contributed by atoms with Gasteiger partial charge in [-0.2, -0.15) is 0 Å². The molecular formula is C24H28Cl3NO4. The van der Waals surface area contributed by atoms with Crippen LogP contribution in [0.1, 0.15) is 25.0 Å². The first-order chi connectivity index (χ1) is 15.3. The largest absolute Gasteiger partial charge is 0.445 e. The van der Waals surface area contributed by atoms with Crippen molar-refractivity contribution in [1.82, 2.24) is 0 Å². The van der Waals surface area contributed by atoms with E-state index in [1.807, 2.05) is 60.7 Å². The molecule has 1 aliphatic heterocycles. The van der Waals surface area contributed by atoms with E-state index < -0.39 is 22.1 Å². The topological polar surface area (TPSA) is 60.8 Å². The molecule has 0 aliphatic carbocycles. The van der Waals surface area contributed by atoms with Crippen LogP contribution in [0.5, 0.6) is 0 Å². The number of rotatable bonds is 8. The molecule has 1 saturated heterocycles. The van der Waals surface area contributed by atoms with Crippen LogP contribution in [-0.2, 0) is 32.2 Å². The summed E-state index contributed by atoms with van der Waals surface area (Å²) in [6, 6.07) is 19.8. The van der Waals surface area contributed by atoms with Crippen LogP contribution in [0.15, 0.2) is 60.7 Å². The van der Waals surface area contributed by atoms with Crippen LogP contribution >= 0.6 is 34.8 Å². The summed E-state index contributed by atoms with van der Waals surface area (Å²) in [4.78, 5) is 0. The number of hydrogen-bond donors (Lipinski definition) is 1. The Kier molecular flexibility index (Phi) is 9.23. The molecule has 1 N–H and O–H groups in total. The number of benzene rings is 2. The minimum absolute atomic E-state index is 0.0472. The fourth-order valence-corrected chi connectivity index (χ4v) is 3.73. The Bertz CT molecular complexity index is 845. The van der Waals surface area contributed by atoms with Gasteiger partial charge in [0.25, 0.3) is 3.79 Å². The summed E-state index contributed by atoms with van der Waals surface area (Å²) in [7, 11) is 0. The lowest BCUT2D eigenvalue weighted by Gasteiger charge is -2.44. The van der Waals surface area contributed by atoms with Crippen LogP contribution in [0, 0.1) is 17.2 Å². The molecule has 174 valence electrons. The van der Waals surface area contributed by atoms with E-state index in [0.717, 1.165) is 11.1 Å². The second kappa shape index (κ2) is 11.7. The lowest BCUT2D eigenvalue weighted by Crippen LogP contribution is -2.53. The molecule has 2 aromatic rings. The third-order valence-corrected chi connectivity index (χ3v) is 6.20. The predicted molar refractivity (Wildman–Crippen MR) is 127 cm³/mol. The molecule has 0 saturated carbocycles. The van der Waals surface area contributed by atoms with Crippen molar-refractivity contribution >= 4 is 40.7 Å². The summed E-state index contributed by atoms with van der Waals surface area (Å²) < 4.78 is 21.9. The molecule has 3 rings (SSSR count). The van der Waals surface area contributed by atoms with Crippen LogP contribution in [0.2, 0.25) is 0 Å². The van der Waals surface area contributed by atoms with Crippen molar-refractivity contribution < 1.29 is 18.9 Å². The molecule has 0 aromatic heterocycles. The van der Waals surface area contributed by atoms with Crippen molar-refractivity contribution in [1.29, 1.82) is 5.41 Å². The van der Waals surface area contributed by atoms with Gasteiger partial charge in [0, 0.05) is 0 Å². The summed E-state index contributed by atoms with van der Waals surface area (Å²) in [6.07, 6.45) is -1.62. The second-order valence-electron chi connectivity index (χ2n) is 7.97. The van der Waals surface area contributed by atoms with Gasteiger partial charge in [0.2, 0.25) is 12.2 Å². The summed E-state index contributed by atoms with van der Waals surface area (Å²) in [6.45, 7) is 5.39. The molecule has 0 amide bonds. The Balaban J connectivity index is 1.67. The summed E-state index contributed by atoms with van der Waals surface area (Å²) in [5.41, 5.74) is 2.11. The molecule has 8 heteroatoms. The minimum Gasteiger partial charge on any atom is -0.445 e. The van der Waals surface area contributed by atoms with Crippen molar-refractivity contribution in [2.45, 2.75) is 49.4 Å². The van der Waals surface area contributed by atoms with Crippen LogP contribution in [-0.4, -0.2) is 34.8 Å². The lowest BCUT2D eigenvalue weighted by atomic mass is 9.83. The zero-order valence-corrected chi connectivity index (χ0v) is 20.3. The van der Waals surface area contributed by atoms with E-state index in [2.05, 4.69) is 13.8 Å². The van der Waals surface area contributed by atoms with E-state index in [9.17, 15) is 0 Å². The van der Waals surface area contributed by atoms with Gasteiger partial charge in [0.1, 0.15) is 6.10 Å². The predicted octanol–water partition coefficient (Wildman–Crippen LogP) is 6.15. The van der Waals surface area contributed by atoms with Gasteiger partial charge >= 0.3 is 0 Å². The monoisotopic (exact) mass is 499 g/mol. The van der Waals surface area contributed by atoms with E-state index in [1.54, 1.807) is 0 Å². The zero-order valence-electron chi connectivity index (χ0n) is 18.0. The fourth-order valence-electron chi connectivity index (χ4n) is 3.59. The number of alkyl halides is 3. The van der Waals surface area contributed by atoms with Crippen LogP contribution in [0.3, 0.4) is 0 Å². The Hall–Kier alpha value is -1.34. The maximum absolute atomic E-state index is 8.01. The molecule has 0 spiro atoms. The van der Waals surface area contributed by atoms with Gasteiger partial charge in [0.05, 0.1) is 25.9 Å². The van der Waals surface area contributed by atoms with E-state index in [4.69, 9.17) is 59.2 Å². The van der Waals surface area contributed by atoms with Gasteiger partial charge < -0.3 is 18.9 Å². The molecule has 32 heavy (non-hydrogen) atoms. The standard InChI is InChI=1S/C24H28Cl3NO4/c1-16-17(2)21(30-14-19-11-7-4-8-12-19)22(32-23(28)24(25,26)27)31-20(16)15-29-13-18-9-5-3-6-10-18/h3-12,16-17,20-22,28H,13-15H2,1-2H3/t16-,17-,20+,21+,22+/m0/s1. The molecule has 0 unspecified atom stereocenters. The van der Waals surface area contributed by atoms with Crippen LogP contribution < -0.4 is 0 Å². The smallest absolute Gasteiger partial charge is 0.265 e. The van der Waals surface area contributed by atoms with E-state index in [1.165, 1.54) is 0 Å². The van der Waals surface area contributed by atoms with Gasteiger partial charge in [-0.1, -0.05) is 109 Å². The Morgan fingerprint density at radius 1 is 0.906 bits per heavy atom. The normalized spacial score (nSPS) is 26.0. The van der Waals surface area contributed by atoms with Crippen molar-refractivity contribution in [2.24, 2.45) is 11.8 Å². The first-order valence-electron chi connectivity index (χ1n) is 10.5. The van der Waals surface area contributed by atoms with Gasteiger partial charge in [-0.25, -0.2) is 0 Å². The highest BCUT2D eigenvalue weighted by Crippen LogP contribution is 2.36. The Morgan fingerprint density at radius 2 is 1.47 bits per heavy atom. The molecule has 0 radical (unpaired) electrons.